The van der Waals surface area contributed by atoms with Gasteiger partial charge in [0.15, 0.2) is 5.82 Å². The molecular weight excluding hydrogens is 240 g/mol. The Balaban J connectivity index is 1.92. The van der Waals surface area contributed by atoms with E-state index in [1.54, 1.807) is 16.8 Å². The van der Waals surface area contributed by atoms with Gasteiger partial charge < -0.3 is 5.32 Å². The van der Waals surface area contributed by atoms with Crippen molar-refractivity contribution in [3.8, 4) is 0 Å². The molecule has 6 nitrogen and oxygen atoms in total. The molecule has 0 saturated heterocycles. The Morgan fingerprint density at radius 2 is 2.41 bits per heavy atom. The predicted octanol–water partition coefficient (Wildman–Crippen LogP) is 1.75. The van der Waals surface area contributed by atoms with Gasteiger partial charge in [0.25, 0.3) is 0 Å². The number of halogens is 1. The maximum Gasteiger partial charge on any atom is 0.153 e. The molecule has 88 valence electrons. The first-order chi connectivity index (χ1) is 8.22. The molecule has 0 amide bonds. The normalized spacial score (nSPS) is 14.5. The second kappa shape index (κ2) is 3.81. The molecule has 3 heterocycles. The molecule has 7 heteroatoms. The van der Waals surface area contributed by atoms with Gasteiger partial charge in [-0.05, 0) is 6.92 Å². The zero-order valence-corrected chi connectivity index (χ0v) is 9.94. The molecule has 2 aromatic heterocycles. The molecule has 0 unspecified atom stereocenters. The summed E-state index contributed by atoms with van der Waals surface area (Å²) in [6.45, 7) is 2.53. The molecule has 0 aliphatic carbocycles. The fourth-order valence-corrected chi connectivity index (χ4v) is 1.95. The van der Waals surface area contributed by atoms with Crippen LogP contribution in [0.1, 0.15) is 11.5 Å². The van der Waals surface area contributed by atoms with Crippen LogP contribution in [0.15, 0.2) is 24.7 Å². The number of aromatic nitrogens is 4. The Bertz CT molecular complexity index is 569. The van der Waals surface area contributed by atoms with Crippen LogP contribution in [0.5, 0.6) is 0 Å². The van der Waals surface area contributed by atoms with Gasteiger partial charge in [-0.3, -0.25) is 14.1 Å². The second-order valence-electron chi connectivity index (χ2n) is 3.85. The van der Waals surface area contributed by atoms with E-state index in [1.165, 1.54) is 0 Å². The third-order valence-electron chi connectivity index (χ3n) is 2.49. The van der Waals surface area contributed by atoms with Crippen molar-refractivity contribution in [2.24, 2.45) is 0 Å². The van der Waals surface area contributed by atoms with Gasteiger partial charge in [0.05, 0.1) is 12.7 Å². The molecule has 0 fully saturated rings. The highest BCUT2D eigenvalue weighted by Crippen LogP contribution is 2.21. The summed E-state index contributed by atoms with van der Waals surface area (Å²) in [6.07, 6.45) is 5.44. The van der Waals surface area contributed by atoms with Crippen LogP contribution in [0.3, 0.4) is 0 Å². The molecule has 0 saturated carbocycles. The van der Waals surface area contributed by atoms with E-state index in [4.69, 9.17) is 11.8 Å². The zero-order chi connectivity index (χ0) is 11.8. The standard InChI is InChI=1S/C10H11ClN6/c1-7-4-8(15-14-7)13-10-6-16(11)5-9-12-2-3-17(9)10/h2-4,6H,5H2,1H3,(H2,13,14,15). The average Bonchev–Trinajstić information content (AvgIpc) is 2.87. The maximum atomic E-state index is 6.00. The molecule has 2 N–H and O–H groups in total. The lowest BCUT2D eigenvalue weighted by atomic mass is 10.4. The number of H-pyrrole nitrogens is 1. The van der Waals surface area contributed by atoms with E-state index in [0.717, 1.165) is 23.2 Å². The summed E-state index contributed by atoms with van der Waals surface area (Å²) in [5.41, 5.74) is 0.998. The third-order valence-corrected chi connectivity index (χ3v) is 2.71. The second-order valence-corrected chi connectivity index (χ2v) is 4.28. The number of nitrogens with zero attached hydrogens (tertiary/aromatic N) is 4. The highest BCUT2D eigenvalue weighted by atomic mass is 35.5. The van der Waals surface area contributed by atoms with Crippen molar-refractivity contribution in [1.29, 1.82) is 0 Å². The molecule has 2 aromatic rings. The number of hydrogen-bond acceptors (Lipinski definition) is 4. The first kappa shape index (κ1) is 10.2. The Morgan fingerprint density at radius 1 is 1.53 bits per heavy atom. The third kappa shape index (κ3) is 1.87. The topological polar surface area (TPSA) is 61.8 Å². The van der Waals surface area contributed by atoms with Crippen LogP contribution in [0.4, 0.5) is 5.82 Å². The smallest absolute Gasteiger partial charge is 0.153 e. The molecule has 0 atom stereocenters. The Kier molecular flexibility index (Phi) is 2.29. The fourth-order valence-electron chi connectivity index (χ4n) is 1.75. The quantitative estimate of drug-likeness (QED) is 0.798. The summed E-state index contributed by atoms with van der Waals surface area (Å²) in [7, 11) is 0. The predicted molar refractivity (Wildman–Crippen MR) is 64.8 cm³/mol. The van der Waals surface area contributed by atoms with E-state index in [1.807, 2.05) is 23.8 Å². The van der Waals surface area contributed by atoms with Gasteiger partial charge in [-0.15, -0.1) is 0 Å². The number of hydrogen-bond donors (Lipinski definition) is 2. The largest absolute Gasteiger partial charge is 0.323 e. The first-order valence-electron chi connectivity index (χ1n) is 5.18. The maximum absolute atomic E-state index is 6.00. The lowest BCUT2D eigenvalue weighted by Crippen LogP contribution is -2.21. The number of anilines is 1. The van der Waals surface area contributed by atoms with Crippen LogP contribution in [-0.2, 0) is 6.54 Å². The number of nitrogens with one attached hydrogen (secondary N) is 2. The van der Waals surface area contributed by atoms with E-state index in [0.29, 0.717) is 6.54 Å². The molecule has 3 rings (SSSR count). The van der Waals surface area contributed by atoms with E-state index >= 15 is 0 Å². The molecule has 1 aliphatic heterocycles. The van der Waals surface area contributed by atoms with Crippen molar-refractivity contribution in [2.75, 3.05) is 5.32 Å². The van der Waals surface area contributed by atoms with Gasteiger partial charge in [-0.1, -0.05) is 0 Å². The number of rotatable bonds is 2. The van der Waals surface area contributed by atoms with Crippen molar-refractivity contribution in [2.45, 2.75) is 13.5 Å². The minimum atomic E-state index is 0.583. The Morgan fingerprint density at radius 3 is 3.18 bits per heavy atom. The monoisotopic (exact) mass is 250 g/mol. The van der Waals surface area contributed by atoms with Crippen molar-refractivity contribution in [3.63, 3.8) is 0 Å². The van der Waals surface area contributed by atoms with Crippen LogP contribution in [-0.4, -0.2) is 24.2 Å². The summed E-state index contributed by atoms with van der Waals surface area (Å²) in [4.78, 5) is 4.23. The summed E-state index contributed by atoms with van der Waals surface area (Å²) >= 11 is 6.00. The zero-order valence-electron chi connectivity index (χ0n) is 9.18. The number of aromatic amines is 1. The van der Waals surface area contributed by atoms with Crippen LogP contribution >= 0.6 is 11.8 Å². The van der Waals surface area contributed by atoms with Crippen LogP contribution < -0.4 is 5.32 Å². The van der Waals surface area contributed by atoms with Crippen molar-refractivity contribution in [1.82, 2.24) is 24.2 Å². The van der Waals surface area contributed by atoms with E-state index < -0.39 is 0 Å². The van der Waals surface area contributed by atoms with Crippen LogP contribution in [0, 0.1) is 6.92 Å². The Hall–Kier alpha value is -1.95. The van der Waals surface area contributed by atoms with Crippen molar-refractivity contribution in [3.05, 3.63) is 36.2 Å². The van der Waals surface area contributed by atoms with Crippen LogP contribution in [0.25, 0.3) is 5.82 Å². The molecule has 0 bridgehead atoms. The fraction of sp³-hybridized carbons (Fsp3) is 0.200. The minimum Gasteiger partial charge on any atom is -0.323 e. The van der Waals surface area contributed by atoms with Gasteiger partial charge in [0, 0.05) is 35.9 Å². The lowest BCUT2D eigenvalue weighted by molar-refractivity contribution is 0.546. The van der Waals surface area contributed by atoms with Gasteiger partial charge >= 0.3 is 0 Å². The molecule has 0 radical (unpaired) electrons. The Labute approximate surface area is 103 Å². The van der Waals surface area contributed by atoms with E-state index in [-0.39, 0.29) is 0 Å². The van der Waals surface area contributed by atoms with Gasteiger partial charge in [-0.25, -0.2) is 4.98 Å². The molecular formula is C10H11ClN6. The van der Waals surface area contributed by atoms with Crippen LogP contribution in [0.2, 0.25) is 0 Å². The first-order valence-corrected chi connectivity index (χ1v) is 5.52. The lowest BCUT2D eigenvalue weighted by Gasteiger charge is -2.22. The summed E-state index contributed by atoms with van der Waals surface area (Å²) in [5.74, 6) is 2.46. The van der Waals surface area contributed by atoms with Gasteiger partial charge in [0.2, 0.25) is 0 Å². The molecule has 17 heavy (non-hydrogen) atoms. The number of fused-ring (bicyclic) bond motifs is 1. The van der Waals surface area contributed by atoms with Gasteiger partial charge in [0.1, 0.15) is 11.6 Å². The molecule has 1 aliphatic rings. The molecule has 0 spiro atoms. The summed E-state index contributed by atoms with van der Waals surface area (Å²) < 4.78 is 3.51. The summed E-state index contributed by atoms with van der Waals surface area (Å²) in [5, 5.41) is 10.2. The van der Waals surface area contributed by atoms with Crippen molar-refractivity contribution < 1.29 is 0 Å². The molecule has 0 aromatic carbocycles. The average molecular weight is 251 g/mol. The minimum absolute atomic E-state index is 0.583. The van der Waals surface area contributed by atoms with E-state index in [9.17, 15) is 0 Å². The summed E-state index contributed by atoms with van der Waals surface area (Å²) in [6, 6.07) is 1.92. The van der Waals surface area contributed by atoms with E-state index in [2.05, 4.69) is 20.5 Å². The number of aryl methyl sites for hydroxylation is 1. The SMILES string of the molecule is Cc1cc(NC2=CN(Cl)Cc3nccn32)n[nH]1. The van der Waals surface area contributed by atoms with Crippen molar-refractivity contribution >= 4 is 23.4 Å². The number of imidazole rings is 1. The highest BCUT2D eigenvalue weighted by Gasteiger charge is 2.16. The highest BCUT2D eigenvalue weighted by molar-refractivity contribution is 6.14. The van der Waals surface area contributed by atoms with Gasteiger partial charge in [-0.2, -0.15) is 5.10 Å².